The molecule has 1 aromatic carbocycles. The lowest BCUT2D eigenvalue weighted by Crippen LogP contribution is -2.13. The average Bonchev–Trinajstić information content (AvgIpc) is 2.22. The third-order valence-electron chi connectivity index (χ3n) is 2.30. The summed E-state index contributed by atoms with van der Waals surface area (Å²) in [5.41, 5.74) is 2.47. The van der Waals surface area contributed by atoms with E-state index in [1.54, 1.807) is 0 Å². The zero-order valence-electron chi connectivity index (χ0n) is 9.46. The summed E-state index contributed by atoms with van der Waals surface area (Å²) >= 11 is 0. The molecule has 0 fully saturated rings. The third-order valence-corrected chi connectivity index (χ3v) is 2.30. The molecular formula is C13H18N2. The topological polar surface area (TPSA) is 35.8 Å². The summed E-state index contributed by atoms with van der Waals surface area (Å²) in [4.78, 5) is 0. The summed E-state index contributed by atoms with van der Waals surface area (Å²) in [5.74, 6) is 0. The molecule has 0 aliphatic heterocycles. The molecule has 1 unspecified atom stereocenters. The van der Waals surface area contributed by atoms with Crippen LogP contribution in [0, 0.1) is 11.3 Å². The fraction of sp³-hybridized carbons (Fsp3) is 0.462. The van der Waals surface area contributed by atoms with Crippen LogP contribution in [0.5, 0.6) is 0 Å². The fourth-order valence-corrected chi connectivity index (χ4v) is 1.53. The fourth-order valence-electron chi connectivity index (χ4n) is 1.53. The van der Waals surface area contributed by atoms with Crippen molar-refractivity contribution in [2.24, 2.45) is 0 Å². The van der Waals surface area contributed by atoms with Crippen molar-refractivity contribution in [2.75, 3.05) is 5.32 Å². The third kappa shape index (κ3) is 4.03. The van der Waals surface area contributed by atoms with Gasteiger partial charge in [-0.3, -0.25) is 0 Å². The lowest BCUT2D eigenvalue weighted by Gasteiger charge is -2.12. The maximum Gasteiger partial charge on any atom is 0.0643 e. The highest BCUT2D eigenvalue weighted by molar-refractivity contribution is 5.45. The highest BCUT2D eigenvalue weighted by Gasteiger charge is 2.00. The summed E-state index contributed by atoms with van der Waals surface area (Å²) in [6.07, 6.45) is 2.85. The quantitative estimate of drug-likeness (QED) is 0.794. The van der Waals surface area contributed by atoms with E-state index in [-0.39, 0.29) is 6.04 Å². The molecule has 80 valence electrons. The van der Waals surface area contributed by atoms with Crippen LogP contribution >= 0.6 is 0 Å². The molecule has 0 aromatic heterocycles. The van der Waals surface area contributed by atoms with Crippen molar-refractivity contribution in [2.45, 2.75) is 39.2 Å². The summed E-state index contributed by atoms with van der Waals surface area (Å²) in [6, 6.07) is 10.8. The van der Waals surface area contributed by atoms with Crippen LogP contribution in [-0.2, 0) is 6.42 Å². The normalized spacial score (nSPS) is 11.8. The Bertz CT molecular complexity index is 321. The summed E-state index contributed by atoms with van der Waals surface area (Å²) < 4.78 is 0. The maximum atomic E-state index is 8.54. The van der Waals surface area contributed by atoms with Crippen molar-refractivity contribution in [3.8, 4) is 6.07 Å². The molecule has 15 heavy (non-hydrogen) atoms. The van der Waals surface area contributed by atoms with E-state index in [2.05, 4.69) is 42.6 Å². The van der Waals surface area contributed by atoms with E-state index >= 15 is 0 Å². The van der Waals surface area contributed by atoms with Crippen LogP contribution in [-0.4, -0.2) is 6.04 Å². The number of rotatable bonds is 5. The zero-order valence-corrected chi connectivity index (χ0v) is 9.46. The van der Waals surface area contributed by atoms with Crippen molar-refractivity contribution < 1.29 is 0 Å². The second-order valence-electron chi connectivity index (χ2n) is 3.85. The van der Waals surface area contributed by atoms with Gasteiger partial charge in [0, 0.05) is 11.7 Å². The molecule has 0 amide bonds. The number of hydrogen-bond donors (Lipinski definition) is 1. The maximum absolute atomic E-state index is 8.54. The van der Waals surface area contributed by atoms with Gasteiger partial charge in [0.05, 0.1) is 12.5 Å². The van der Waals surface area contributed by atoms with Crippen molar-refractivity contribution in [3.63, 3.8) is 0 Å². The predicted octanol–water partition coefficient (Wildman–Crippen LogP) is 3.35. The minimum Gasteiger partial charge on any atom is -0.382 e. The summed E-state index contributed by atoms with van der Waals surface area (Å²) in [6.45, 7) is 4.20. The van der Waals surface area contributed by atoms with Gasteiger partial charge in [0.25, 0.3) is 0 Å². The number of benzene rings is 1. The smallest absolute Gasteiger partial charge is 0.0643 e. The van der Waals surface area contributed by atoms with Crippen molar-refractivity contribution in [1.29, 1.82) is 5.26 Å². The number of nitriles is 1. The van der Waals surface area contributed by atoms with Gasteiger partial charge in [0.1, 0.15) is 0 Å². The van der Waals surface area contributed by atoms with Crippen LogP contribution in [0.1, 0.15) is 32.3 Å². The molecule has 0 saturated carbocycles. The lowest BCUT2D eigenvalue weighted by atomic mass is 10.1. The lowest BCUT2D eigenvalue weighted by molar-refractivity contribution is 0.821. The molecule has 0 spiro atoms. The Labute approximate surface area is 91.9 Å². The Morgan fingerprint density at radius 1 is 1.33 bits per heavy atom. The molecule has 0 radical (unpaired) electrons. The van der Waals surface area contributed by atoms with E-state index < -0.39 is 0 Å². The average molecular weight is 202 g/mol. The first-order chi connectivity index (χ1) is 7.26. The second kappa shape index (κ2) is 6.08. The van der Waals surface area contributed by atoms with Gasteiger partial charge in [-0.05, 0) is 31.0 Å². The van der Waals surface area contributed by atoms with E-state index in [0.29, 0.717) is 6.42 Å². The first-order valence-electron chi connectivity index (χ1n) is 5.48. The molecule has 1 aromatic rings. The molecular weight excluding hydrogens is 184 g/mol. The zero-order chi connectivity index (χ0) is 11.1. The Morgan fingerprint density at radius 3 is 2.53 bits per heavy atom. The van der Waals surface area contributed by atoms with Crippen LogP contribution in [0.3, 0.4) is 0 Å². The highest BCUT2D eigenvalue weighted by Crippen LogP contribution is 2.12. The first kappa shape index (κ1) is 11.6. The van der Waals surface area contributed by atoms with Crippen LogP contribution in [0.15, 0.2) is 24.3 Å². The Hall–Kier alpha value is -1.49. The molecule has 0 saturated heterocycles. The number of nitrogens with zero attached hydrogens (tertiary/aromatic N) is 1. The predicted molar refractivity (Wildman–Crippen MR) is 63.8 cm³/mol. The molecule has 0 aliphatic rings. The Morgan fingerprint density at radius 2 is 2.00 bits per heavy atom. The van der Waals surface area contributed by atoms with Gasteiger partial charge in [-0.2, -0.15) is 5.26 Å². The standard InChI is InChI=1S/C13H18N2/c1-3-4-12-5-7-13(8-6-12)15-11(2)9-10-14/h5-8,11,15H,3-4,9H2,1-2H3. The second-order valence-corrected chi connectivity index (χ2v) is 3.85. The minimum absolute atomic E-state index is 0.215. The van der Waals surface area contributed by atoms with Gasteiger partial charge in [0.2, 0.25) is 0 Å². The van der Waals surface area contributed by atoms with Gasteiger partial charge in [-0.15, -0.1) is 0 Å². The molecule has 1 N–H and O–H groups in total. The van der Waals surface area contributed by atoms with Crippen LogP contribution in [0.2, 0.25) is 0 Å². The number of hydrogen-bond acceptors (Lipinski definition) is 2. The molecule has 0 aliphatic carbocycles. The largest absolute Gasteiger partial charge is 0.382 e. The van der Waals surface area contributed by atoms with Gasteiger partial charge in [-0.25, -0.2) is 0 Å². The highest BCUT2D eigenvalue weighted by atomic mass is 14.9. The first-order valence-corrected chi connectivity index (χ1v) is 5.48. The molecule has 2 nitrogen and oxygen atoms in total. The molecule has 0 bridgehead atoms. The molecule has 0 heterocycles. The van der Waals surface area contributed by atoms with Gasteiger partial charge >= 0.3 is 0 Å². The Balaban J connectivity index is 2.53. The van der Waals surface area contributed by atoms with E-state index in [4.69, 9.17) is 5.26 Å². The molecule has 2 heteroatoms. The molecule has 1 atom stereocenters. The van der Waals surface area contributed by atoms with E-state index in [1.165, 1.54) is 12.0 Å². The van der Waals surface area contributed by atoms with Gasteiger partial charge in [0.15, 0.2) is 0 Å². The van der Waals surface area contributed by atoms with Crippen molar-refractivity contribution in [3.05, 3.63) is 29.8 Å². The van der Waals surface area contributed by atoms with Crippen LogP contribution < -0.4 is 5.32 Å². The van der Waals surface area contributed by atoms with Gasteiger partial charge < -0.3 is 5.32 Å². The van der Waals surface area contributed by atoms with Gasteiger partial charge in [-0.1, -0.05) is 25.5 Å². The Kier molecular flexibility index (Phi) is 4.70. The minimum atomic E-state index is 0.215. The SMILES string of the molecule is CCCc1ccc(NC(C)CC#N)cc1. The van der Waals surface area contributed by atoms with Crippen LogP contribution in [0.4, 0.5) is 5.69 Å². The number of nitrogens with one attached hydrogen (secondary N) is 1. The number of aryl methyl sites for hydroxylation is 1. The van der Waals surface area contributed by atoms with Crippen molar-refractivity contribution >= 4 is 5.69 Å². The van der Waals surface area contributed by atoms with E-state index in [1.807, 2.05) is 6.92 Å². The summed E-state index contributed by atoms with van der Waals surface area (Å²) in [7, 11) is 0. The monoisotopic (exact) mass is 202 g/mol. The van der Waals surface area contributed by atoms with E-state index in [9.17, 15) is 0 Å². The van der Waals surface area contributed by atoms with Crippen LogP contribution in [0.25, 0.3) is 0 Å². The van der Waals surface area contributed by atoms with E-state index in [0.717, 1.165) is 12.1 Å². The summed E-state index contributed by atoms with van der Waals surface area (Å²) in [5, 5.41) is 11.8. The van der Waals surface area contributed by atoms with Crippen molar-refractivity contribution in [1.82, 2.24) is 0 Å². The number of anilines is 1. The molecule has 1 rings (SSSR count).